The molecule has 0 aliphatic carbocycles. The molecule has 144 valence electrons. The van der Waals surface area contributed by atoms with Crippen LogP contribution in [0.3, 0.4) is 0 Å². The molecule has 27 heavy (non-hydrogen) atoms. The Hall–Kier alpha value is -3.09. The standard InChI is InChI=1S/C20H24N2O5/c1-20(2,3)27-19(25)22-17(18(23)24)12-14-7-9-16(10-8-14)26-13-15-6-4-5-11-21-15/h4-11,17H,12-13H2,1-3H3,(H,22,25)(H,23,24)/t17-/m0/s1. The van der Waals surface area contributed by atoms with Crippen molar-refractivity contribution in [2.45, 2.75) is 45.4 Å². The summed E-state index contributed by atoms with van der Waals surface area (Å²) in [5.41, 5.74) is 0.873. The molecule has 1 aromatic carbocycles. The van der Waals surface area contributed by atoms with E-state index in [9.17, 15) is 14.7 Å². The first kappa shape index (κ1) is 20.2. The molecule has 7 heteroatoms. The van der Waals surface area contributed by atoms with Gasteiger partial charge in [0.1, 0.15) is 24.0 Å². The monoisotopic (exact) mass is 372 g/mol. The summed E-state index contributed by atoms with van der Waals surface area (Å²) in [6.45, 7) is 5.49. The molecular formula is C20H24N2O5. The third-order valence-electron chi connectivity index (χ3n) is 3.47. The SMILES string of the molecule is CC(C)(C)OC(=O)N[C@@H](Cc1ccc(OCc2ccccn2)cc1)C(=O)O. The molecular weight excluding hydrogens is 348 g/mol. The summed E-state index contributed by atoms with van der Waals surface area (Å²) >= 11 is 0. The topological polar surface area (TPSA) is 97.8 Å². The lowest BCUT2D eigenvalue weighted by molar-refractivity contribution is -0.139. The van der Waals surface area contributed by atoms with Crippen molar-refractivity contribution in [3.63, 3.8) is 0 Å². The number of carboxylic acids is 1. The zero-order chi connectivity index (χ0) is 19.9. The number of carbonyl (C=O) groups excluding carboxylic acids is 1. The van der Waals surface area contributed by atoms with E-state index in [1.165, 1.54) is 0 Å². The van der Waals surface area contributed by atoms with E-state index in [0.717, 1.165) is 11.3 Å². The van der Waals surface area contributed by atoms with Crippen LogP contribution in [0.1, 0.15) is 32.0 Å². The van der Waals surface area contributed by atoms with Crippen molar-refractivity contribution in [1.82, 2.24) is 10.3 Å². The van der Waals surface area contributed by atoms with Crippen LogP contribution in [0.5, 0.6) is 5.75 Å². The van der Waals surface area contributed by atoms with Gasteiger partial charge in [-0.25, -0.2) is 9.59 Å². The van der Waals surface area contributed by atoms with Crippen molar-refractivity contribution in [2.24, 2.45) is 0 Å². The van der Waals surface area contributed by atoms with E-state index in [-0.39, 0.29) is 6.42 Å². The van der Waals surface area contributed by atoms with Crippen LogP contribution >= 0.6 is 0 Å². The van der Waals surface area contributed by atoms with Crippen LogP contribution in [0.15, 0.2) is 48.7 Å². The van der Waals surface area contributed by atoms with Crippen molar-refractivity contribution in [1.29, 1.82) is 0 Å². The predicted octanol–water partition coefficient (Wildman–Crippen LogP) is 3.18. The minimum absolute atomic E-state index is 0.134. The van der Waals surface area contributed by atoms with Crippen LogP contribution < -0.4 is 10.1 Å². The Morgan fingerprint density at radius 2 is 1.85 bits per heavy atom. The van der Waals surface area contributed by atoms with Gasteiger partial charge in [-0.3, -0.25) is 4.98 Å². The molecule has 2 N–H and O–H groups in total. The Morgan fingerprint density at radius 3 is 2.41 bits per heavy atom. The number of nitrogens with one attached hydrogen (secondary N) is 1. The Morgan fingerprint density at radius 1 is 1.15 bits per heavy atom. The molecule has 0 spiro atoms. The van der Waals surface area contributed by atoms with Crippen LogP contribution in [-0.4, -0.2) is 33.8 Å². The fraction of sp³-hybridized carbons (Fsp3) is 0.350. The number of rotatable bonds is 7. The Labute approximate surface area is 158 Å². The Kier molecular flexibility index (Phi) is 6.76. The molecule has 2 rings (SSSR count). The fourth-order valence-electron chi connectivity index (χ4n) is 2.25. The molecule has 1 amide bonds. The van der Waals surface area contributed by atoms with Crippen molar-refractivity contribution < 1.29 is 24.2 Å². The molecule has 0 saturated heterocycles. The van der Waals surface area contributed by atoms with Gasteiger partial charge in [0.15, 0.2) is 0 Å². The third kappa shape index (κ3) is 7.35. The highest BCUT2D eigenvalue weighted by Gasteiger charge is 2.24. The average Bonchev–Trinajstić information content (AvgIpc) is 2.60. The molecule has 7 nitrogen and oxygen atoms in total. The van der Waals surface area contributed by atoms with E-state index in [2.05, 4.69) is 10.3 Å². The molecule has 0 radical (unpaired) electrons. The average molecular weight is 372 g/mol. The number of benzene rings is 1. The van der Waals surface area contributed by atoms with Crippen LogP contribution in [-0.2, 0) is 22.6 Å². The summed E-state index contributed by atoms with van der Waals surface area (Å²) < 4.78 is 10.8. The number of amides is 1. The smallest absolute Gasteiger partial charge is 0.408 e. The number of pyridine rings is 1. The van der Waals surface area contributed by atoms with Gasteiger partial charge in [0.05, 0.1) is 5.69 Å². The molecule has 2 aromatic rings. The number of nitrogens with zero attached hydrogens (tertiary/aromatic N) is 1. The predicted molar refractivity (Wildman–Crippen MR) is 99.5 cm³/mol. The van der Waals surface area contributed by atoms with Gasteiger partial charge in [0, 0.05) is 12.6 Å². The lowest BCUT2D eigenvalue weighted by Gasteiger charge is -2.22. The van der Waals surface area contributed by atoms with E-state index in [1.807, 2.05) is 18.2 Å². The molecule has 1 atom stereocenters. The second-order valence-electron chi connectivity index (χ2n) is 6.99. The van der Waals surface area contributed by atoms with E-state index in [4.69, 9.17) is 9.47 Å². The van der Waals surface area contributed by atoms with Gasteiger partial charge in [-0.1, -0.05) is 18.2 Å². The summed E-state index contributed by atoms with van der Waals surface area (Å²) in [4.78, 5) is 27.4. The lowest BCUT2D eigenvalue weighted by Crippen LogP contribution is -2.44. The molecule has 0 saturated carbocycles. The van der Waals surface area contributed by atoms with Gasteiger partial charge < -0.3 is 19.9 Å². The molecule has 0 bridgehead atoms. The van der Waals surface area contributed by atoms with Crippen molar-refractivity contribution >= 4 is 12.1 Å². The molecule has 0 fully saturated rings. The second-order valence-corrected chi connectivity index (χ2v) is 6.99. The van der Waals surface area contributed by atoms with Crippen LogP contribution in [0.25, 0.3) is 0 Å². The van der Waals surface area contributed by atoms with Gasteiger partial charge in [-0.2, -0.15) is 0 Å². The number of aromatic nitrogens is 1. The summed E-state index contributed by atoms with van der Waals surface area (Å²) in [6, 6.07) is 11.5. The number of hydrogen-bond donors (Lipinski definition) is 2. The molecule has 0 unspecified atom stereocenters. The van der Waals surface area contributed by atoms with Gasteiger partial charge in [0.2, 0.25) is 0 Å². The largest absolute Gasteiger partial charge is 0.487 e. The summed E-state index contributed by atoms with van der Waals surface area (Å²) in [5, 5.41) is 11.7. The summed E-state index contributed by atoms with van der Waals surface area (Å²) in [7, 11) is 0. The molecule has 0 aliphatic heterocycles. The van der Waals surface area contributed by atoms with Crippen LogP contribution in [0.4, 0.5) is 4.79 Å². The minimum Gasteiger partial charge on any atom is -0.487 e. The zero-order valence-corrected chi connectivity index (χ0v) is 15.6. The quantitative estimate of drug-likeness (QED) is 0.775. The first-order valence-corrected chi connectivity index (χ1v) is 8.57. The second kappa shape index (κ2) is 9.02. The number of aliphatic carboxylic acids is 1. The maximum Gasteiger partial charge on any atom is 0.408 e. The van der Waals surface area contributed by atoms with Gasteiger partial charge in [-0.15, -0.1) is 0 Å². The van der Waals surface area contributed by atoms with E-state index in [1.54, 1.807) is 51.2 Å². The number of hydrogen-bond acceptors (Lipinski definition) is 5. The van der Waals surface area contributed by atoms with E-state index < -0.39 is 23.7 Å². The summed E-state index contributed by atoms with van der Waals surface area (Å²) in [5.74, 6) is -0.479. The van der Waals surface area contributed by atoms with E-state index >= 15 is 0 Å². The van der Waals surface area contributed by atoms with Gasteiger partial charge in [-0.05, 0) is 50.6 Å². The highest BCUT2D eigenvalue weighted by Crippen LogP contribution is 2.15. The maximum atomic E-state index is 11.8. The molecule has 1 aromatic heterocycles. The lowest BCUT2D eigenvalue weighted by atomic mass is 10.1. The van der Waals surface area contributed by atoms with Crippen molar-refractivity contribution in [3.05, 3.63) is 59.9 Å². The van der Waals surface area contributed by atoms with Gasteiger partial charge >= 0.3 is 12.1 Å². The molecule has 1 heterocycles. The van der Waals surface area contributed by atoms with Crippen molar-refractivity contribution in [2.75, 3.05) is 0 Å². The number of ether oxygens (including phenoxy) is 2. The van der Waals surface area contributed by atoms with Crippen molar-refractivity contribution in [3.8, 4) is 5.75 Å². The number of alkyl carbamates (subject to hydrolysis) is 1. The number of carbonyl (C=O) groups is 2. The highest BCUT2D eigenvalue weighted by molar-refractivity contribution is 5.80. The molecule has 0 aliphatic rings. The highest BCUT2D eigenvalue weighted by atomic mass is 16.6. The third-order valence-corrected chi connectivity index (χ3v) is 3.47. The number of carboxylic acid groups (broad SMARTS) is 1. The Bertz CT molecular complexity index is 754. The maximum absolute atomic E-state index is 11.8. The zero-order valence-electron chi connectivity index (χ0n) is 15.6. The summed E-state index contributed by atoms with van der Waals surface area (Å²) in [6.07, 6.45) is 1.07. The normalized spacial score (nSPS) is 12.1. The first-order chi connectivity index (χ1) is 12.7. The van der Waals surface area contributed by atoms with E-state index in [0.29, 0.717) is 12.4 Å². The first-order valence-electron chi connectivity index (χ1n) is 8.57. The fourth-order valence-corrected chi connectivity index (χ4v) is 2.25. The van der Waals surface area contributed by atoms with Gasteiger partial charge in [0.25, 0.3) is 0 Å². The van der Waals surface area contributed by atoms with Crippen LogP contribution in [0, 0.1) is 0 Å². The van der Waals surface area contributed by atoms with Crippen LogP contribution in [0.2, 0.25) is 0 Å². The Balaban J connectivity index is 1.92. The minimum atomic E-state index is -1.13.